The molecule has 0 atom stereocenters. The lowest BCUT2D eigenvalue weighted by atomic mass is 9.77. The van der Waals surface area contributed by atoms with Crippen LogP contribution in [0.4, 0.5) is 0 Å². The highest BCUT2D eigenvalue weighted by molar-refractivity contribution is 4.96. The Bertz CT molecular complexity index is 584. The number of aromatic nitrogens is 3. The van der Waals surface area contributed by atoms with Crippen molar-refractivity contribution in [2.24, 2.45) is 5.41 Å². The van der Waals surface area contributed by atoms with Gasteiger partial charge >= 0.3 is 0 Å². The Morgan fingerprint density at radius 3 is 2.33 bits per heavy atom. The van der Waals surface area contributed by atoms with Crippen molar-refractivity contribution in [1.82, 2.24) is 25.2 Å². The fraction of sp³-hybridized carbons (Fsp3) is 0.905. The van der Waals surface area contributed by atoms with E-state index in [4.69, 9.17) is 18.9 Å². The maximum absolute atomic E-state index is 5.62. The number of piperidine rings is 1. The molecule has 0 unspecified atom stereocenters. The van der Waals surface area contributed by atoms with E-state index in [2.05, 4.69) is 34.4 Å². The summed E-state index contributed by atoms with van der Waals surface area (Å²) >= 11 is 0. The monoisotopic (exact) mass is 425 g/mol. The highest BCUT2D eigenvalue weighted by Gasteiger charge is 2.41. The highest BCUT2D eigenvalue weighted by atomic mass is 16.5. The van der Waals surface area contributed by atoms with Gasteiger partial charge in [-0.25, -0.2) is 4.68 Å². The van der Waals surface area contributed by atoms with E-state index in [1.165, 1.54) is 12.8 Å². The van der Waals surface area contributed by atoms with Crippen LogP contribution in [0, 0.1) is 5.41 Å². The number of ether oxygens (including phenoxy) is 4. The van der Waals surface area contributed by atoms with Crippen molar-refractivity contribution in [1.29, 1.82) is 0 Å². The lowest BCUT2D eigenvalue weighted by Crippen LogP contribution is -2.50. The fourth-order valence-corrected chi connectivity index (χ4v) is 3.73. The summed E-state index contributed by atoms with van der Waals surface area (Å²) in [7, 11) is 0. The normalized spacial score (nSPS) is 18.9. The summed E-state index contributed by atoms with van der Waals surface area (Å²) in [6.45, 7) is 14.6. The molecule has 9 heteroatoms. The van der Waals surface area contributed by atoms with Crippen LogP contribution in [0.3, 0.4) is 0 Å². The average molecular weight is 426 g/mol. The van der Waals surface area contributed by atoms with Gasteiger partial charge in [0.1, 0.15) is 0 Å². The topological polar surface area (TPSA) is 82.9 Å². The van der Waals surface area contributed by atoms with Gasteiger partial charge in [0.25, 0.3) is 0 Å². The molecule has 1 N–H and O–H groups in total. The van der Waals surface area contributed by atoms with E-state index in [9.17, 15) is 0 Å². The van der Waals surface area contributed by atoms with Gasteiger partial charge in [0, 0.05) is 30.7 Å². The molecule has 0 aromatic carbocycles. The average Bonchev–Trinajstić information content (AvgIpc) is 3.15. The van der Waals surface area contributed by atoms with Gasteiger partial charge in [-0.15, -0.1) is 5.10 Å². The predicted octanol–water partition coefficient (Wildman–Crippen LogP) is 0.938. The Kier molecular flexibility index (Phi) is 9.96. The quantitative estimate of drug-likeness (QED) is 0.416. The molecule has 0 bridgehead atoms. The van der Waals surface area contributed by atoms with E-state index in [1.807, 2.05) is 10.9 Å². The van der Waals surface area contributed by atoms with E-state index >= 15 is 0 Å². The van der Waals surface area contributed by atoms with Crippen molar-refractivity contribution in [3.05, 3.63) is 11.9 Å². The summed E-state index contributed by atoms with van der Waals surface area (Å²) in [6, 6.07) is 0.497. The number of nitrogens with one attached hydrogen (secondary N) is 1. The Morgan fingerprint density at radius 2 is 1.70 bits per heavy atom. The molecular formula is C21H39N5O4. The summed E-state index contributed by atoms with van der Waals surface area (Å²) in [5, 5.41) is 11.8. The van der Waals surface area contributed by atoms with Crippen molar-refractivity contribution in [2.45, 2.75) is 45.8 Å². The molecule has 1 aromatic heterocycles. The summed E-state index contributed by atoms with van der Waals surface area (Å²) in [5.74, 6) is 0. The first-order valence-corrected chi connectivity index (χ1v) is 11.3. The van der Waals surface area contributed by atoms with Crippen LogP contribution in [0.2, 0.25) is 0 Å². The molecule has 172 valence electrons. The molecule has 30 heavy (non-hydrogen) atoms. The largest absolute Gasteiger partial charge is 0.380 e. The van der Waals surface area contributed by atoms with Crippen molar-refractivity contribution in [2.75, 3.05) is 72.5 Å². The lowest BCUT2D eigenvalue weighted by Gasteiger charge is -2.47. The van der Waals surface area contributed by atoms with Gasteiger partial charge in [-0.2, -0.15) is 0 Å². The number of hydrogen-bond acceptors (Lipinski definition) is 8. The van der Waals surface area contributed by atoms with Crippen LogP contribution >= 0.6 is 0 Å². The molecule has 2 saturated heterocycles. The molecule has 2 fully saturated rings. The smallest absolute Gasteiger partial charge is 0.0967 e. The van der Waals surface area contributed by atoms with Gasteiger partial charge in [-0.1, -0.05) is 19.1 Å². The Hall–Kier alpha value is -1.10. The van der Waals surface area contributed by atoms with E-state index < -0.39 is 0 Å². The second kappa shape index (κ2) is 12.7. The van der Waals surface area contributed by atoms with Crippen molar-refractivity contribution < 1.29 is 18.9 Å². The van der Waals surface area contributed by atoms with Gasteiger partial charge in [-0.05, 0) is 25.9 Å². The maximum Gasteiger partial charge on any atom is 0.0967 e. The zero-order chi connectivity index (χ0) is 21.1. The highest BCUT2D eigenvalue weighted by Crippen LogP contribution is 2.38. The van der Waals surface area contributed by atoms with Gasteiger partial charge in [0.05, 0.1) is 65.1 Å². The molecule has 0 amide bonds. The van der Waals surface area contributed by atoms with E-state index in [1.54, 1.807) is 0 Å². The summed E-state index contributed by atoms with van der Waals surface area (Å²) < 4.78 is 23.9. The molecular weight excluding hydrogens is 386 g/mol. The van der Waals surface area contributed by atoms with Gasteiger partial charge in [0.2, 0.25) is 0 Å². The van der Waals surface area contributed by atoms with Crippen LogP contribution in [0.1, 0.15) is 32.4 Å². The van der Waals surface area contributed by atoms with E-state index in [0.29, 0.717) is 57.6 Å². The van der Waals surface area contributed by atoms with Crippen LogP contribution in [0.5, 0.6) is 0 Å². The Morgan fingerprint density at radius 1 is 1.03 bits per heavy atom. The predicted molar refractivity (Wildman–Crippen MR) is 113 cm³/mol. The van der Waals surface area contributed by atoms with E-state index in [0.717, 1.165) is 45.1 Å². The molecule has 9 nitrogen and oxygen atoms in total. The van der Waals surface area contributed by atoms with Crippen LogP contribution in [0.25, 0.3) is 0 Å². The SMILES string of the molecule is CC(C)NCCOCCOCCOCCn1cc(CN2CCC3(CC2)COC3)nn1. The fourth-order valence-electron chi connectivity index (χ4n) is 3.73. The molecule has 2 aliphatic rings. The molecule has 2 aliphatic heterocycles. The minimum Gasteiger partial charge on any atom is -0.380 e. The molecule has 0 saturated carbocycles. The van der Waals surface area contributed by atoms with Crippen molar-refractivity contribution in [3.8, 4) is 0 Å². The first-order chi connectivity index (χ1) is 14.7. The number of hydrogen-bond donors (Lipinski definition) is 1. The number of rotatable bonds is 15. The van der Waals surface area contributed by atoms with Crippen LogP contribution in [0.15, 0.2) is 6.20 Å². The third-order valence-electron chi connectivity index (χ3n) is 5.71. The summed E-state index contributed by atoms with van der Waals surface area (Å²) in [4.78, 5) is 2.47. The van der Waals surface area contributed by atoms with Gasteiger partial charge < -0.3 is 24.3 Å². The molecule has 3 rings (SSSR count). The first-order valence-electron chi connectivity index (χ1n) is 11.3. The Balaban J connectivity index is 1.14. The van der Waals surface area contributed by atoms with E-state index in [-0.39, 0.29) is 0 Å². The zero-order valence-corrected chi connectivity index (χ0v) is 18.7. The standard InChI is InChI=1S/C21H39N5O4/c1-19(2)22-5-9-27-11-13-29-14-12-28-10-8-26-16-20(23-24-26)15-25-6-3-21(4-7-25)17-30-18-21/h16,19,22H,3-15,17-18H2,1-2H3. The molecule has 3 heterocycles. The van der Waals surface area contributed by atoms with Crippen LogP contribution in [-0.4, -0.2) is 98.4 Å². The molecule has 1 aromatic rings. The lowest BCUT2D eigenvalue weighted by molar-refractivity contribution is -0.140. The van der Waals surface area contributed by atoms with Gasteiger partial charge in [-0.3, -0.25) is 4.90 Å². The third-order valence-corrected chi connectivity index (χ3v) is 5.71. The summed E-state index contributed by atoms with van der Waals surface area (Å²) in [6.07, 6.45) is 4.50. The molecule has 0 aliphatic carbocycles. The maximum atomic E-state index is 5.62. The number of nitrogens with zero attached hydrogens (tertiary/aromatic N) is 4. The van der Waals surface area contributed by atoms with Crippen LogP contribution < -0.4 is 5.32 Å². The zero-order valence-electron chi connectivity index (χ0n) is 18.7. The number of likely N-dealkylation sites (tertiary alicyclic amines) is 1. The molecule has 0 radical (unpaired) electrons. The first kappa shape index (κ1) is 23.6. The second-order valence-corrected chi connectivity index (χ2v) is 8.69. The molecule has 1 spiro atoms. The minimum atomic E-state index is 0.479. The van der Waals surface area contributed by atoms with Gasteiger partial charge in [0.15, 0.2) is 0 Å². The van der Waals surface area contributed by atoms with Crippen molar-refractivity contribution >= 4 is 0 Å². The third kappa shape index (κ3) is 8.20. The van der Waals surface area contributed by atoms with Crippen molar-refractivity contribution in [3.63, 3.8) is 0 Å². The Labute approximate surface area is 180 Å². The second-order valence-electron chi connectivity index (χ2n) is 8.69. The minimum absolute atomic E-state index is 0.479. The summed E-state index contributed by atoms with van der Waals surface area (Å²) in [5.41, 5.74) is 1.51. The van der Waals surface area contributed by atoms with Crippen LogP contribution in [-0.2, 0) is 32.0 Å².